The molecule has 1 aliphatic rings. The van der Waals surface area contributed by atoms with Gasteiger partial charge in [-0.2, -0.15) is 0 Å². The van der Waals surface area contributed by atoms with Crippen molar-refractivity contribution in [2.75, 3.05) is 13.6 Å². The van der Waals surface area contributed by atoms with Crippen LogP contribution in [-0.4, -0.2) is 19.5 Å². The molecule has 1 aromatic carbocycles. The first-order valence-corrected chi connectivity index (χ1v) is 6.33. The highest BCUT2D eigenvalue weighted by Gasteiger charge is 2.22. The lowest BCUT2D eigenvalue weighted by atomic mass is 10.1. The molecule has 0 aromatic heterocycles. The van der Waals surface area contributed by atoms with Gasteiger partial charge in [0.2, 0.25) is 5.91 Å². The molecule has 0 saturated heterocycles. The Bertz CT molecular complexity index is 390. The molecule has 92 valence electrons. The molecule has 0 radical (unpaired) electrons. The fourth-order valence-electron chi connectivity index (χ4n) is 2.40. The van der Waals surface area contributed by atoms with Crippen LogP contribution in [-0.2, 0) is 11.2 Å². The van der Waals surface area contributed by atoms with Gasteiger partial charge in [-0.25, -0.2) is 0 Å². The number of hydrogen-bond acceptors (Lipinski definition) is 2. The number of carbonyl (C=O) groups excluding carboxylic acids is 1. The van der Waals surface area contributed by atoms with Crippen molar-refractivity contribution in [3.05, 3.63) is 35.4 Å². The molecule has 1 atom stereocenters. The number of rotatable bonds is 5. The molecule has 0 saturated carbocycles. The fraction of sp³-hybridized carbons (Fsp3) is 0.500. The lowest BCUT2D eigenvalue weighted by Crippen LogP contribution is -2.27. The van der Waals surface area contributed by atoms with Crippen molar-refractivity contribution in [3.8, 4) is 0 Å². The summed E-state index contributed by atoms with van der Waals surface area (Å²) >= 11 is 0. The number of hydrogen-bond donors (Lipinski definition) is 2. The van der Waals surface area contributed by atoms with Crippen LogP contribution >= 0.6 is 0 Å². The summed E-state index contributed by atoms with van der Waals surface area (Å²) in [6.07, 6.45) is 3.63. The van der Waals surface area contributed by atoms with E-state index < -0.39 is 0 Å². The molecular weight excluding hydrogens is 212 g/mol. The van der Waals surface area contributed by atoms with Crippen LogP contribution in [0, 0.1) is 0 Å². The summed E-state index contributed by atoms with van der Waals surface area (Å²) in [6.45, 7) is 0.897. The van der Waals surface area contributed by atoms with E-state index in [4.69, 9.17) is 0 Å². The van der Waals surface area contributed by atoms with Crippen molar-refractivity contribution in [1.29, 1.82) is 0 Å². The zero-order chi connectivity index (χ0) is 12.1. The topological polar surface area (TPSA) is 41.1 Å². The van der Waals surface area contributed by atoms with Crippen molar-refractivity contribution >= 4 is 5.91 Å². The van der Waals surface area contributed by atoms with Crippen LogP contribution < -0.4 is 10.6 Å². The minimum absolute atomic E-state index is 0.168. The third-order valence-electron chi connectivity index (χ3n) is 3.30. The summed E-state index contributed by atoms with van der Waals surface area (Å²) in [5, 5.41) is 6.18. The number of carbonyl (C=O) groups is 1. The van der Waals surface area contributed by atoms with Gasteiger partial charge in [-0.3, -0.25) is 4.79 Å². The first kappa shape index (κ1) is 12.1. The standard InChI is InChI=1S/C14H20N2O/c1-15-10-4-7-14(17)16-13-9-8-11-5-2-3-6-12(11)13/h2-3,5-6,13,15H,4,7-10H2,1H3,(H,16,17). The Kier molecular flexibility index (Phi) is 4.15. The predicted molar refractivity (Wildman–Crippen MR) is 68.8 cm³/mol. The molecule has 2 rings (SSSR count). The molecule has 0 fully saturated rings. The molecular formula is C14H20N2O. The van der Waals surface area contributed by atoms with Crippen molar-refractivity contribution in [1.82, 2.24) is 10.6 Å². The van der Waals surface area contributed by atoms with Crippen LogP contribution in [0.25, 0.3) is 0 Å². The van der Waals surface area contributed by atoms with Crippen LogP contribution in [0.2, 0.25) is 0 Å². The molecule has 1 amide bonds. The average molecular weight is 232 g/mol. The number of fused-ring (bicyclic) bond motifs is 1. The highest BCUT2D eigenvalue weighted by atomic mass is 16.1. The van der Waals surface area contributed by atoms with E-state index >= 15 is 0 Å². The third kappa shape index (κ3) is 3.07. The molecule has 2 N–H and O–H groups in total. The molecule has 3 heteroatoms. The zero-order valence-corrected chi connectivity index (χ0v) is 10.3. The SMILES string of the molecule is CNCCCC(=O)NC1CCc2ccccc21. The Balaban J connectivity index is 1.87. The van der Waals surface area contributed by atoms with Gasteiger partial charge in [-0.1, -0.05) is 24.3 Å². The minimum atomic E-state index is 0.168. The molecule has 3 nitrogen and oxygen atoms in total. The Morgan fingerprint density at radius 1 is 1.41 bits per heavy atom. The van der Waals surface area contributed by atoms with Crippen molar-refractivity contribution in [2.24, 2.45) is 0 Å². The van der Waals surface area contributed by atoms with E-state index in [1.165, 1.54) is 11.1 Å². The monoisotopic (exact) mass is 232 g/mol. The second-order valence-electron chi connectivity index (χ2n) is 4.56. The molecule has 1 aliphatic carbocycles. The van der Waals surface area contributed by atoms with Gasteiger partial charge in [0.1, 0.15) is 0 Å². The molecule has 0 aliphatic heterocycles. The fourth-order valence-corrected chi connectivity index (χ4v) is 2.40. The number of aryl methyl sites for hydroxylation is 1. The third-order valence-corrected chi connectivity index (χ3v) is 3.30. The van der Waals surface area contributed by atoms with E-state index in [1.54, 1.807) is 0 Å². The molecule has 1 aromatic rings. The zero-order valence-electron chi connectivity index (χ0n) is 10.3. The van der Waals surface area contributed by atoms with Gasteiger partial charge >= 0.3 is 0 Å². The normalized spacial score (nSPS) is 17.8. The maximum Gasteiger partial charge on any atom is 0.220 e. The predicted octanol–water partition coefficient (Wildman–Crippen LogP) is 1.79. The Labute approximate surface area is 103 Å². The minimum Gasteiger partial charge on any atom is -0.349 e. The molecule has 0 spiro atoms. The number of nitrogens with one attached hydrogen (secondary N) is 2. The quantitative estimate of drug-likeness (QED) is 0.760. The van der Waals surface area contributed by atoms with E-state index in [9.17, 15) is 4.79 Å². The number of benzene rings is 1. The smallest absolute Gasteiger partial charge is 0.220 e. The largest absolute Gasteiger partial charge is 0.349 e. The highest BCUT2D eigenvalue weighted by Crippen LogP contribution is 2.30. The maximum atomic E-state index is 11.7. The van der Waals surface area contributed by atoms with Gasteiger partial charge < -0.3 is 10.6 Å². The van der Waals surface area contributed by atoms with Gasteiger partial charge in [-0.05, 0) is 44.0 Å². The maximum absolute atomic E-state index is 11.7. The van der Waals surface area contributed by atoms with Crippen LogP contribution in [0.4, 0.5) is 0 Å². The molecule has 1 unspecified atom stereocenters. The molecule has 0 heterocycles. The summed E-state index contributed by atoms with van der Waals surface area (Å²) < 4.78 is 0. The molecule has 0 bridgehead atoms. The summed E-state index contributed by atoms with van der Waals surface area (Å²) in [6, 6.07) is 8.62. The Hall–Kier alpha value is -1.35. The first-order valence-electron chi connectivity index (χ1n) is 6.33. The van der Waals surface area contributed by atoms with Gasteiger partial charge in [0, 0.05) is 6.42 Å². The Morgan fingerprint density at radius 2 is 2.24 bits per heavy atom. The lowest BCUT2D eigenvalue weighted by molar-refractivity contribution is -0.121. The summed E-state index contributed by atoms with van der Waals surface area (Å²) in [5.74, 6) is 0.168. The second kappa shape index (κ2) is 5.82. The van der Waals surface area contributed by atoms with E-state index in [2.05, 4.69) is 28.8 Å². The van der Waals surface area contributed by atoms with Crippen LogP contribution in [0.1, 0.15) is 36.4 Å². The molecule has 17 heavy (non-hydrogen) atoms. The first-order chi connectivity index (χ1) is 8.31. The van der Waals surface area contributed by atoms with E-state index in [1.807, 2.05) is 13.1 Å². The average Bonchev–Trinajstić information content (AvgIpc) is 2.73. The van der Waals surface area contributed by atoms with Crippen molar-refractivity contribution < 1.29 is 4.79 Å². The van der Waals surface area contributed by atoms with E-state index in [0.717, 1.165) is 25.8 Å². The lowest BCUT2D eigenvalue weighted by Gasteiger charge is -2.14. The number of amides is 1. The Morgan fingerprint density at radius 3 is 3.06 bits per heavy atom. The van der Waals surface area contributed by atoms with Gasteiger partial charge in [-0.15, -0.1) is 0 Å². The van der Waals surface area contributed by atoms with Crippen LogP contribution in [0.5, 0.6) is 0 Å². The van der Waals surface area contributed by atoms with E-state index in [-0.39, 0.29) is 11.9 Å². The van der Waals surface area contributed by atoms with Crippen LogP contribution in [0.15, 0.2) is 24.3 Å². The van der Waals surface area contributed by atoms with Gasteiger partial charge in [0.25, 0.3) is 0 Å². The highest BCUT2D eigenvalue weighted by molar-refractivity contribution is 5.76. The van der Waals surface area contributed by atoms with Gasteiger partial charge in [0.15, 0.2) is 0 Å². The summed E-state index contributed by atoms with van der Waals surface area (Å²) in [5.41, 5.74) is 2.68. The van der Waals surface area contributed by atoms with Crippen molar-refractivity contribution in [3.63, 3.8) is 0 Å². The van der Waals surface area contributed by atoms with Crippen LogP contribution in [0.3, 0.4) is 0 Å². The van der Waals surface area contributed by atoms with E-state index in [0.29, 0.717) is 6.42 Å². The summed E-state index contributed by atoms with van der Waals surface area (Å²) in [7, 11) is 1.91. The second-order valence-corrected chi connectivity index (χ2v) is 4.56. The van der Waals surface area contributed by atoms with Crippen molar-refractivity contribution in [2.45, 2.75) is 31.7 Å². The van der Waals surface area contributed by atoms with Gasteiger partial charge in [0.05, 0.1) is 6.04 Å². The summed E-state index contributed by atoms with van der Waals surface area (Å²) in [4.78, 5) is 11.7.